The fraction of sp³-hybridized carbons (Fsp3) is 0.421. The molecule has 8 heteroatoms. The number of methoxy groups -OCH3 is 1. The number of benzene rings is 1. The van der Waals surface area contributed by atoms with E-state index >= 15 is 0 Å². The first kappa shape index (κ1) is 20.3. The van der Waals surface area contributed by atoms with E-state index in [-0.39, 0.29) is 12.3 Å². The molecule has 0 aliphatic rings. The molecule has 2 aromatic rings. The quantitative estimate of drug-likeness (QED) is 0.543. The van der Waals surface area contributed by atoms with Crippen molar-refractivity contribution < 1.29 is 23.6 Å². The summed E-state index contributed by atoms with van der Waals surface area (Å²) in [6.07, 6.45) is 2.02. The molecule has 0 saturated carbocycles. The van der Waals surface area contributed by atoms with Crippen LogP contribution < -0.4 is 20.3 Å². The van der Waals surface area contributed by atoms with Crippen LogP contribution >= 0.6 is 0 Å². The van der Waals surface area contributed by atoms with Crippen LogP contribution in [0.4, 0.5) is 0 Å². The molecular weight excluding hydrogens is 350 g/mol. The van der Waals surface area contributed by atoms with Gasteiger partial charge in [-0.25, -0.2) is 0 Å². The number of hydrogen-bond acceptors (Lipinski definition) is 6. The lowest BCUT2D eigenvalue weighted by Gasteiger charge is -2.12. The molecule has 0 aliphatic carbocycles. The predicted octanol–water partition coefficient (Wildman–Crippen LogP) is 2.48. The third-order valence-electron chi connectivity index (χ3n) is 4.02. The molecule has 8 nitrogen and oxygen atoms in total. The SMILES string of the molecule is CCCCOc1ccc(C(=O)NNC(=O)Cc2c(C)noc2C)cc1OC. The number of nitrogens with zero attached hydrogens (tertiary/aromatic N) is 1. The maximum absolute atomic E-state index is 12.3. The van der Waals surface area contributed by atoms with E-state index in [1.165, 1.54) is 7.11 Å². The summed E-state index contributed by atoms with van der Waals surface area (Å²) in [5.74, 6) is 0.785. The van der Waals surface area contributed by atoms with Crippen LogP contribution in [-0.4, -0.2) is 30.7 Å². The van der Waals surface area contributed by atoms with Gasteiger partial charge >= 0.3 is 0 Å². The van der Waals surface area contributed by atoms with Crippen molar-refractivity contribution in [3.8, 4) is 11.5 Å². The van der Waals surface area contributed by atoms with E-state index in [0.717, 1.165) is 12.8 Å². The molecule has 2 rings (SSSR count). The van der Waals surface area contributed by atoms with Gasteiger partial charge in [-0.15, -0.1) is 0 Å². The number of nitrogens with one attached hydrogen (secondary N) is 2. The van der Waals surface area contributed by atoms with Gasteiger partial charge in [-0.1, -0.05) is 18.5 Å². The van der Waals surface area contributed by atoms with Crippen molar-refractivity contribution in [2.75, 3.05) is 13.7 Å². The van der Waals surface area contributed by atoms with Gasteiger partial charge in [-0.2, -0.15) is 0 Å². The molecular formula is C19H25N3O5. The van der Waals surface area contributed by atoms with E-state index in [2.05, 4.69) is 22.9 Å². The van der Waals surface area contributed by atoms with Crippen molar-refractivity contribution in [2.45, 2.75) is 40.0 Å². The summed E-state index contributed by atoms with van der Waals surface area (Å²) in [4.78, 5) is 24.3. The molecule has 2 amide bonds. The molecule has 2 N–H and O–H groups in total. The Labute approximate surface area is 158 Å². The lowest BCUT2D eigenvalue weighted by atomic mass is 10.1. The number of unbranched alkanes of at least 4 members (excludes halogenated alkanes) is 1. The van der Waals surface area contributed by atoms with Crippen LogP contribution in [0.2, 0.25) is 0 Å². The molecule has 0 aliphatic heterocycles. The average Bonchev–Trinajstić information content (AvgIpc) is 2.98. The highest BCUT2D eigenvalue weighted by Crippen LogP contribution is 2.28. The molecule has 1 heterocycles. The van der Waals surface area contributed by atoms with Crippen LogP contribution in [0.5, 0.6) is 11.5 Å². The predicted molar refractivity (Wildman–Crippen MR) is 98.7 cm³/mol. The Hall–Kier alpha value is -3.03. The van der Waals surface area contributed by atoms with E-state index in [0.29, 0.717) is 40.7 Å². The molecule has 27 heavy (non-hydrogen) atoms. The fourth-order valence-electron chi connectivity index (χ4n) is 2.41. The Morgan fingerprint density at radius 1 is 1.19 bits per heavy atom. The van der Waals surface area contributed by atoms with Crippen LogP contribution in [0.3, 0.4) is 0 Å². The highest BCUT2D eigenvalue weighted by atomic mass is 16.5. The van der Waals surface area contributed by atoms with Crippen molar-refractivity contribution in [3.63, 3.8) is 0 Å². The maximum Gasteiger partial charge on any atom is 0.269 e. The second kappa shape index (κ2) is 9.61. The Balaban J connectivity index is 1.94. The topological polar surface area (TPSA) is 103 Å². The number of rotatable bonds is 8. The minimum Gasteiger partial charge on any atom is -0.493 e. The van der Waals surface area contributed by atoms with Gasteiger partial charge in [0, 0.05) is 11.1 Å². The van der Waals surface area contributed by atoms with Crippen LogP contribution in [0.25, 0.3) is 0 Å². The van der Waals surface area contributed by atoms with Crippen molar-refractivity contribution in [3.05, 3.63) is 40.8 Å². The smallest absolute Gasteiger partial charge is 0.269 e. The molecule has 146 valence electrons. The number of hydrogen-bond donors (Lipinski definition) is 2. The van der Waals surface area contributed by atoms with Crippen LogP contribution in [-0.2, 0) is 11.2 Å². The molecule has 0 fully saturated rings. The van der Waals surface area contributed by atoms with Crippen LogP contribution in [0, 0.1) is 13.8 Å². The standard InChI is InChI=1S/C19H25N3O5/c1-5-6-9-26-16-8-7-14(10-17(16)25-4)19(24)21-20-18(23)11-15-12(2)22-27-13(15)3/h7-8,10H,5-6,9,11H2,1-4H3,(H,20,23)(H,21,24). The summed E-state index contributed by atoms with van der Waals surface area (Å²) in [7, 11) is 1.51. The summed E-state index contributed by atoms with van der Waals surface area (Å²) in [5.41, 5.74) is 6.47. The fourth-order valence-corrected chi connectivity index (χ4v) is 2.41. The molecule has 0 atom stereocenters. The van der Waals surface area contributed by atoms with E-state index in [1.807, 2.05) is 0 Å². The van der Waals surface area contributed by atoms with Crippen LogP contribution in [0.1, 0.15) is 47.1 Å². The summed E-state index contributed by atoms with van der Waals surface area (Å²) < 4.78 is 15.9. The summed E-state index contributed by atoms with van der Waals surface area (Å²) >= 11 is 0. The first-order valence-corrected chi connectivity index (χ1v) is 8.78. The van der Waals surface area contributed by atoms with E-state index in [1.54, 1.807) is 32.0 Å². The molecule has 0 saturated heterocycles. The van der Waals surface area contributed by atoms with Gasteiger partial charge in [0.25, 0.3) is 5.91 Å². The number of amides is 2. The number of ether oxygens (including phenoxy) is 2. The Morgan fingerprint density at radius 2 is 1.96 bits per heavy atom. The highest BCUT2D eigenvalue weighted by Gasteiger charge is 2.15. The number of carbonyl (C=O) groups excluding carboxylic acids is 2. The van der Waals surface area contributed by atoms with Crippen molar-refractivity contribution in [2.24, 2.45) is 0 Å². The van der Waals surface area contributed by atoms with Gasteiger partial charge in [-0.05, 0) is 38.5 Å². The lowest BCUT2D eigenvalue weighted by Crippen LogP contribution is -2.42. The second-order valence-corrected chi connectivity index (χ2v) is 6.05. The minimum absolute atomic E-state index is 0.0645. The largest absolute Gasteiger partial charge is 0.493 e. The zero-order valence-electron chi connectivity index (χ0n) is 16.0. The van der Waals surface area contributed by atoms with Crippen molar-refractivity contribution in [1.82, 2.24) is 16.0 Å². The minimum atomic E-state index is -0.458. The molecule has 0 bridgehead atoms. The molecule has 0 spiro atoms. The summed E-state index contributed by atoms with van der Waals surface area (Å²) in [6, 6.07) is 4.85. The van der Waals surface area contributed by atoms with Crippen LogP contribution in [0.15, 0.2) is 22.7 Å². The lowest BCUT2D eigenvalue weighted by molar-refractivity contribution is -0.121. The Kier molecular flexibility index (Phi) is 7.22. The highest BCUT2D eigenvalue weighted by molar-refractivity contribution is 5.96. The number of aryl methyl sites for hydroxylation is 2. The van der Waals surface area contributed by atoms with E-state index in [4.69, 9.17) is 14.0 Å². The van der Waals surface area contributed by atoms with Gasteiger partial charge < -0.3 is 14.0 Å². The normalized spacial score (nSPS) is 10.4. The number of carbonyl (C=O) groups is 2. The zero-order valence-corrected chi connectivity index (χ0v) is 16.0. The van der Waals surface area contributed by atoms with Gasteiger partial charge in [0.15, 0.2) is 11.5 Å². The molecule has 1 aromatic heterocycles. The Bertz CT molecular complexity index is 781. The van der Waals surface area contributed by atoms with Gasteiger partial charge in [-0.3, -0.25) is 20.4 Å². The van der Waals surface area contributed by atoms with E-state index < -0.39 is 5.91 Å². The number of aromatic nitrogens is 1. The third-order valence-corrected chi connectivity index (χ3v) is 4.02. The molecule has 1 aromatic carbocycles. The first-order valence-electron chi connectivity index (χ1n) is 8.78. The summed E-state index contributed by atoms with van der Waals surface area (Å²) in [6.45, 7) is 6.15. The van der Waals surface area contributed by atoms with E-state index in [9.17, 15) is 9.59 Å². The van der Waals surface area contributed by atoms with Crippen molar-refractivity contribution in [1.29, 1.82) is 0 Å². The van der Waals surface area contributed by atoms with Gasteiger partial charge in [0.2, 0.25) is 5.91 Å². The third kappa shape index (κ3) is 5.47. The maximum atomic E-state index is 12.3. The molecule has 0 unspecified atom stereocenters. The zero-order chi connectivity index (χ0) is 19.8. The average molecular weight is 375 g/mol. The second-order valence-electron chi connectivity index (χ2n) is 6.05. The first-order chi connectivity index (χ1) is 13.0. The van der Waals surface area contributed by atoms with Crippen molar-refractivity contribution >= 4 is 11.8 Å². The Morgan fingerprint density at radius 3 is 2.59 bits per heavy atom. The number of hydrazine groups is 1. The van der Waals surface area contributed by atoms with Gasteiger partial charge in [0.1, 0.15) is 5.76 Å². The monoisotopic (exact) mass is 375 g/mol. The molecule has 0 radical (unpaired) electrons. The van der Waals surface area contributed by atoms with Gasteiger partial charge in [0.05, 0.1) is 25.8 Å². The summed E-state index contributed by atoms with van der Waals surface area (Å²) in [5, 5.41) is 3.80.